The van der Waals surface area contributed by atoms with Gasteiger partial charge in [0, 0.05) is 5.41 Å². The lowest BCUT2D eigenvalue weighted by Crippen LogP contribution is -2.23. The fourth-order valence-corrected chi connectivity index (χ4v) is 3.12. The van der Waals surface area contributed by atoms with E-state index in [-0.39, 0.29) is 5.41 Å². The van der Waals surface area contributed by atoms with Gasteiger partial charge in [0.25, 0.3) is 0 Å². The molecule has 0 atom stereocenters. The first-order chi connectivity index (χ1) is 10.2. The van der Waals surface area contributed by atoms with Crippen LogP contribution in [0.3, 0.4) is 0 Å². The van der Waals surface area contributed by atoms with Crippen molar-refractivity contribution in [3.63, 3.8) is 0 Å². The Morgan fingerprint density at radius 3 is 1.23 bits per heavy atom. The van der Waals surface area contributed by atoms with E-state index in [1.807, 2.05) is 27.7 Å². The van der Waals surface area contributed by atoms with Crippen molar-refractivity contribution < 1.29 is 10.2 Å². The minimum absolute atomic E-state index is 0.146. The van der Waals surface area contributed by atoms with Crippen molar-refractivity contribution in [2.45, 2.75) is 53.4 Å². The van der Waals surface area contributed by atoms with Crippen LogP contribution in [-0.2, 0) is 5.41 Å². The molecule has 0 fully saturated rings. The second kappa shape index (κ2) is 5.68. The van der Waals surface area contributed by atoms with Crippen molar-refractivity contribution in [3.8, 4) is 11.5 Å². The van der Waals surface area contributed by atoms with Gasteiger partial charge in [-0.05, 0) is 67.5 Å². The first kappa shape index (κ1) is 16.4. The molecule has 2 aromatic rings. The largest absolute Gasteiger partial charge is 0.507 e. The minimum atomic E-state index is -0.146. The molecular weight excluding hydrogens is 272 g/mol. The molecule has 2 rings (SSSR count). The van der Waals surface area contributed by atoms with E-state index in [1.54, 1.807) is 0 Å². The van der Waals surface area contributed by atoms with Crippen molar-refractivity contribution in [2.75, 3.05) is 0 Å². The molecule has 2 aromatic carbocycles. The molecule has 0 saturated carbocycles. The number of benzene rings is 2. The lowest BCUT2D eigenvalue weighted by Gasteiger charge is -2.31. The average Bonchev–Trinajstić information content (AvgIpc) is 2.48. The minimum Gasteiger partial charge on any atom is -0.507 e. The van der Waals surface area contributed by atoms with E-state index in [0.29, 0.717) is 11.5 Å². The van der Waals surface area contributed by atoms with Crippen LogP contribution in [0.2, 0.25) is 0 Å². The highest BCUT2D eigenvalue weighted by Crippen LogP contribution is 2.40. The molecule has 22 heavy (non-hydrogen) atoms. The van der Waals surface area contributed by atoms with Gasteiger partial charge in [-0.3, -0.25) is 0 Å². The highest BCUT2D eigenvalue weighted by molar-refractivity contribution is 5.51. The Balaban J connectivity index is 2.68. The van der Waals surface area contributed by atoms with E-state index >= 15 is 0 Å². The van der Waals surface area contributed by atoms with Gasteiger partial charge >= 0.3 is 0 Å². The molecule has 0 aromatic heterocycles. The molecule has 2 nitrogen and oxygen atoms in total. The van der Waals surface area contributed by atoms with Crippen LogP contribution < -0.4 is 0 Å². The molecule has 0 unspecified atom stereocenters. The van der Waals surface area contributed by atoms with Crippen LogP contribution in [0.4, 0.5) is 0 Å². The number of hydrogen-bond donors (Lipinski definition) is 2. The summed E-state index contributed by atoms with van der Waals surface area (Å²) < 4.78 is 0. The van der Waals surface area contributed by atoms with E-state index in [9.17, 15) is 10.2 Å². The maximum atomic E-state index is 10.0. The molecule has 118 valence electrons. The normalized spacial score (nSPS) is 11.7. The van der Waals surface area contributed by atoms with Crippen LogP contribution in [0.15, 0.2) is 24.3 Å². The van der Waals surface area contributed by atoms with Gasteiger partial charge in [-0.2, -0.15) is 0 Å². The molecule has 0 aliphatic heterocycles. The standard InChI is InChI=1S/C20H26O2/c1-7-20(6,16-8-12(2)18(21)13(3)9-16)17-10-14(4)19(22)15(5)11-17/h8-11,21-22H,7H2,1-6H3. The summed E-state index contributed by atoms with van der Waals surface area (Å²) in [5, 5.41) is 20.1. The highest BCUT2D eigenvalue weighted by Gasteiger charge is 2.29. The summed E-state index contributed by atoms with van der Waals surface area (Å²) in [5.41, 5.74) is 5.87. The second-order valence-corrected chi connectivity index (χ2v) is 6.60. The molecular formula is C20H26O2. The molecule has 2 heteroatoms. The van der Waals surface area contributed by atoms with Crippen LogP contribution in [0.5, 0.6) is 11.5 Å². The third-order valence-electron chi connectivity index (χ3n) is 4.96. The molecule has 0 saturated heterocycles. The predicted molar refractivity (Wildman–Crippen MR) is 91.9 cm³/mol. The number of rotatable bonds is 3. The van der Waals surface area contributed by atoms with Crippen LogP contribution in [0.1, 0.15) is 53.6 Å². The van der Waals surface area contributed by atoms with Crippen molar-refractivity contribution in [2.24, 2.45) is 0 Å². The van der Waals surface area contributed by atoms with E-state index in [0.717, 1.165) is 28.7 Å². The van der Waals surface area contributed by atoms with Gasteiger partial charge in [0.05, 0.1) is 0 Å². The Morgan fingerprint density at radius 1 is 0.727 bits per heavy atom. The zero-order valence-electron chi connectivity index (χ0n) is 14.4. The molecule has 0 aliphatic carbocycles. The fourth-order valence-electron chi connectivity index (χ4n) is 3.12. The van der Waals surface area contributed by atoms with Gasteiger partial charge in [-0.15, -0.1) is 0 Å². The molecule has 0 bridgehead atoms. The van der Waals surface area contributed by atoms with Gasteiger partial charge in [-0.1, -0.05) is 38.1 Å². The molecule has 2 N–H and O–H groups in total. The van der Waals surface area contributed by atoms with Gasteiger partial charge in [0.1, 0.15) is 11.5 Å². The van der Waals surface area contributed by atoms with Crippen molar-refractivity contribution in [1.29, 1.82) is 0 Å². The summed E-state index contributed by atoms with van der Waals surface area (Å²) in [6, 6.07) is 8.29. The predicted octanol–water partition coefficient (Wildman–Crippen LogP) is 5.05. The second-order valence-electron chi connectivity index (χ2n) is 6.60. The zero-order valence-corrected chi connectivity index (χ0v) is 14.4. The number of phenolic OH excluding ortho intramolecular Hbond substituents is 2. The summed E-state index contributed by atoms with van der Waals surface area (Å²) in [5.74, 6) is 0.751. The molecule has 0 aliphatic rings. The van der Waals surface area contributed by atoms with Gasteiger partial charge < -0.3 is 10.2 Å². The first-order valence-corrected chi connectivity index (χ1v) is 7.82. The Labute approximate surface area is 133 Å². The van der Waals surface area contributed by atoms with Crippen LogP contribution >= 0.6 is 0 Å². The zero-order chi connectivity index (χ0) is 16.7. The quantitative estimate of drug-likeness (QED) is 0.832. The number of phenols is 2. The number of aryl methyl sites for hydroxylation is 4. The van der Waals surface area contributed by atoms with Crippen LogP contribution in [0, 0.1) is 27.7 Å². The van der Waals surface area contributed by atoms with E-state index in [4.69, 9.17) is 0 Å². The highest BCUT2D eigenvalue weighted by atomic mass is 16.3. The molecule has 0 heterocycles. The summed E-state index contributed by atoms with van der Waals surface area (Å²) in [6.07, 6.45) is 0.945. The average molecular weight is 298 g/mol. The smallest absolute Gasteiger partial charge is 0.121 e. The Bertz CT molecular complexity index is 610. The maximum absolute atomic E-state index is 10.0. The van der Waals surface area contributed by atoms with Gasteiger partial charge in [-0.25, -0.2) is 0 Å². The van der Waals surface area contributed by atoms with E-state index in [2.05, 4.69) is 38.1 Å². The van der Waals surface area contributed by atoms with Crippen LogP contribution in [0.25, 0.3) is 0 Å². The van der Waals surface area contributed by atoms with Crippen molar-refractivity contribution in [3.05, 3.63) is 57.6 Å². The summed E-state index contributed by atoms with van der Waals surface area (Å²) in [6.45, 7) is 12.2. The van der Waals surface area contributed by atoms with Crippen molar-refractivity contribution >= 4 is 0 Å². The fraction of sp³-hybridized carbons (Fsp3) is 0.400. The molecule has 0 amide bonds. The monoisotopic (exact) mass is 298 g/mol. The third kappa shape index (κ3) is 2.58. The summed E-state index contributed by atoms with van der Waals surface area (Å²) in [7, 11) is 0. The lowest BCUT2D eigenvalue weighted by atomic mass is 9.72. The van der Waals surface area contributed by atoms with Gasteiger partial charge in [0.2, 0.25) is 0 Å². The summed E-state index contributed by atoms with van der Waals surface area (Å²) in [4.78, 5) is 0. The molecule has 0 radical (unpaired) electrons. The molecule has 0 spiro atoms. The van der Waals surface area contributed by atoms with E-state index in [1.165, 1.54) is 11.1 Å². The van der Waals surface area contributed by atoms with Gasteiger partial charge in [0.15, 0.2) is 0 Å². The Morgan fingerprint density at radius 2 is 1.00 bits per heavy atom. The summed E-state index contributed by atoms with van der Waals surface area (Å²) >= 11 is 0. The first-order valence-electron chi connectivity index (χ1n) is 7.82. The maximum Gasteiger partial charge on any atom is 0.121 e. The third-order valence-corrected chi connectivity index (χ3v) is 4.96. The van der Waals surface area contributed by atoms with Crippen LogP contribution in [-0.4, -0.2) is 10.2 Å². The van der Waals surface area contributed by atoms with Crippen molar-refractivity contribution in [1.82, 2.24) is 0 Å². The number of hydrogen-bond acceptors (Lipinski definition) is 2. The Kier molecular flexibility index (Phi) is 4.23. The lowest BCUT2D eigenvalue weighted by molar-refractivity contribution is 0.463. The SMILES string of the molecule is CCC(C)(c1cc(C)c(O)c(C)c1)c1cc(C)c(O)c(C)c1. The Hall–Kier alpha value is -1.96. The topological polar surface area (TPSA) is 40.5 Å². The number of aromatic hydroxyl groups is 2. The van der Waals surface area contributed by atoms with E-state index < -0.39 is 0 Å².